The highest BCUT2D eigenvalue weighted by Crippen LogP contribution is 2.21. The molecule has 0 atom stereocenters. The van der Waals surface area contributed by atoms with Crippen LogP contribution >= 0.6 is 0 Å². The van der Waals surface area contributed by atoms with Crippen molar-refractivity contribution >= 4 is 5.78 Å². The molecule has 0 aromatic heterocycles. The molecule has 4 heteroatoms. The Bertz CT molecular complexity index is 626. The van der Waals surface area contributed by atoms with Gasteiger partial charge in [-0.25, -0.2) is 4.39 Å². The van der Waals surface area contributed by atoms with Gasteiger partial charge in [0.1, 0.15) is 0 Å². The third kappa shape index (κ3) is 2.86. The van der Waals surface area contributed by atoms with E-state index in [0.29, 0.717) is 24.1 Å². The first-order valence-electron chi connectivity index (χ1n) is 6.33. The molecule has 104 valence electrons. The summed E-state index contributed by atoms with van der Waals surface area (Å²) in [5.74, 6) is -0.637. The minimum Gasteiger partial charge on any atom is -0.494 e. The zero-order chi connectivity index (χ0) is 14.5. The molecular weight excluding hydrogens is 257 g/mol. The zero-order valence-electron chi connectivity index (χ0n) is 11.2. The fourth-order valence-electron chi connectivity index (χ4n) is 2.08. The summed E-state index contributed by atoms with van der Waals surface area (Å²) in [5.41, 5.74) is 7.27. The molecule has 2 rings (SSSR count). The van der Waals surface area contributed by atoms with E-state index in [4.69, 9.17) is 10.5 Å². The fourth-order valence-corrected chi connectivity index (χ4v) is 2.08. The van der Waals surface area contributed by atoms with Crippen LogP contribution in [-0.4, -0.2) is 19.4 Å². The quantitative estimate of drug-likeness (QED) is 0.852. The molecule has 2 N–H and O–H groups in total. The Morgan fingerprint density at radius 2 is 2.00 bits per heavy atom. The molecule has 0 unspecified atom stereocenters. The van der Waals surface area contributed by atoms with Gasteiger partial charge >= 0.3 is 0 Å². The van der Waals surface area contributed by atoms with Crippen LogP contribution in [0.5, 0.6) is 5.75 Å². The predicted octanol–water partition coefficient (Wildman–Crippen LogP) is 2.57. The third-order valence-corrected chi connectivity index (χ3v) is 3.09. The van der Waals surface area contributed by atoms with E-state index >= 15 is 0 Å². The van der Waals surface area contributed by atoms with Crippen molar-refractivity contribution in [3.63, 3.8) is 0 Å². The number of methoxy groups -OCH3 is 1. The molecule has 3 nitrogen and oxygen atoms in total. The molecule has 0 heterocycles. The molecule has 0 fully saturated rings. The summed E-state index contributed by atoms with van der Waals surface area (Å²) in [6, 6.07) is 11.4. The molecule has 2 aromatic carbocycles. The second kappa shape index (κ2) is 6.30. The second-order valence-electron chi connectivity index (χ2n) is 4.37. The number of carbonyl (C=O) groups excluding carboxylic acids is 1. The van der Waals surface area contributed by atoms with Crippen LogP contribution in [0.4, 0.5) is 4.39 Å². The van der Waals surface area contributed by atoms with Crippen molar-refractivity contribution in [1.29, 1.82) is 0 Å². The monoisotopic (exact) mass is 273 g/mol. The Morgan fingerprint density at radius 3 is 2.65 bits per heavy atom. The minimum atomic E-state index is -0.547. The van der Waals surface area contributed by atoms with Gasteiger partial charge in [0.2, 0.25) is 0 Å². The van der Waals surface area contributed by atoms with E-state index in [9.17, 15) is 9.18 Å². The molecule has 0 bridgehead atoms. The van der Waals surface area contributed by atoms with Crippen LogP contribution in [0.15, 0.2) is 42.5 Å². The summed E-state index contributed by atoms with van der Waals surface area (Å²) in [7, 11) is 1.39. The van der Waals surface area contributed by atoms with Crippen molar-refractivity contribution in [1.82, 2.24) is 0 Å². The number of nitrogens with two attached hydrogens (primary N) is 1. The van der Waals surface area contributed by atoms with Gasteiger partial charge in [0.05, 0.1) is 7.11 Å². The summed E-state index contributed by atoms with van der Waals surface area (Å²) >= 11 is 0. The topological polar surface area (TPSA) is 52.3 Å². The first kappa shape index (κ1) is 14.2. The smallest absolute Gasteiger partial charge is 0.193 e. The number of rotatable bonds is 5. The van der Waals surface area contributed by atoms with Gasteiger partial charge in [-0.2, -0.15) is 0 Å². The number of halogens is 1. The molecule has 0 saturated carbocycles. The van der Waals surface area contributed by atoms with Crippen LogP contribution in [-0.2, 0) is 6.42 Å². The normalized spacial score (nSPS) is 10.3. The second-order valence-corrected chi connectivity index (χ2v) is 4.37. The van der Waals surface area contributed by atoms with Gasteiger partial charge in [-0.3, -0.25) is 4.79 Å². The highest BCUT2D eigenvalue weighted by molar-refractivity contribution is 6.10. The molecule has 20 heavy (non-hydrogen) atoms. The Hall–Kier alpha value is -2.20. The molecule has 0 spiro atoms. The van der Waals surface area contributed by atoms with E-state index in [0.717, 1.165) is 5.56 Å². The van der Waals surface area contributed by atoms with Gasteiger partial charge in [-0.1, -0.05) is 24.3 Å². The molecular formula is C16H16FNO2. The van der Waals surface area contributed by atoms with Crippen molar-refractivity contribution < 1.29 is 13.9 Å². The molecule has 2 aromatic rings. The number of carbonyl (C=O) groups is 1. The van der Waals surface area contributed by atoms with E-state index in [-0.39, 0.29) is 11.5 Å². The zero-order valence-corrected chi connectivity index (χ0v) is 11.2. The summed E-state index contributed by atoms with van der Waals surface area (Å²) in [6.07, 6.45) is 0.612. The maximum Gasteiger partial charge on any atom is 0.193 e. The molecule has 0 radical (unpaired) electrons. The van der Waals surface area contributed by atoms with E-state index in [1.807, 2.05) is 12.1 Å². The molecule has 0 amide bonds. The van der Waals surface area contributed by atoms with Crippen LogP contribution in [0.25, 0.3) is 0 Å². The standard InChI is InChI=1S/C16H16FNO2/c1-20-15-7-6-12(10-14(15)17)16(19)13-5-3-2-4-11(13)8-9-18/h2-7,10H,8-9,18H2,1H3. The van der Waals surface area contributed by atoms with Crippen molar-refractivity contribution in [3.8, 4) is 5.75 Å². The van der Waals surface area contributed by atoms with Crippen molar-refractivity contribution in [2.45, 2.75) is 6.42 Å². The number of ether oxygens (including phenoxy) is 1. The van der Waals surface area contributed by atoms with Gasteiger partial charge in [0, 0.05) is 11.1 Å². The lowest BCUT2D eigenvalue weighted by molar-refractivity contribution is 0.103. The van der Waals surface area contributed by atoms with E-state index < -0.39 is 5.82 Å². The number of ketones is 1. The SMILES string of the molecule is COc1ccc(C(=O)c2ccccc2CCN)cc1F. The van der Waals surface area contributed by atoms with Crippen LogP contribution in [0.3, 0.4) is 0 Å². The minimum absolute atomic E-state index is 0.122. The number of benzene rings is 2. The van der Waals surface area contributed by atoms with E-state index in [1.165, 1.54) is 19.2 Å². The lowest BCUT2D eigenvalue weighted by Gasteiger charge is -2.09. The lowest BCUT2D eigenvalue weighted by atomic mass is 9.96. The summed E-state index contributed by atoms with van der Waals surface area (Å²) in [5, 5.41) is 0. The van der Waals surface area contributed by atoms with Gasteiger partial charge in [0.15, 0.2) is 17.3 Å². The summed E-state index contributed by atoms with van der Waals surface area (Å²) < 4.78 is 18.5. The number of hydrogen-bond acceptors (Lipinski definition) is 3. The summed E-state index contributed by atoms with van der Waals surface area (Å²) in [4.78, 5) is 12.4. The molecule has 0 aliphatic heterocycles. The highest BCUT2D eigenvalue weighted by Gasteiger charge is 2.15. The van der Waals surface area contributed by atoms with E-state index in [2.05, 4.69) is 0 Å². The van der Waals surface area contributed by atoms with Gasteiger partial charge in [0.25, 0.3) is 0 Å². The van der Waals surface area contributed by atoms with Crippen LogP contribution in [0.2, 0.25) is 0 Å². The number of hydrogen-bond donors (Lipinski definition) is 1. The average molecular weight is 273 g/mol. The highest BCUT2D eigenvalue weighted by atomic mass is 19.1. The average Bonchev–Trinajstić information content (AvgIpc) is 2.47. The van der Waals surface area contributed by atoms with Gasteiger partial charge in [-0.15, -0.1) is 0 Å². The first-order valence-corrected chi connectivity index (χ1v) is 6.33. The molecule has 0 aliphatic rings. The Kier molecular flexibility index (Phi) is 4.48. The molecule has 0 aliphatic carbocycles. The Morgan fingerprint density at radius 1 is 1.25 bits per heavy atom. The first-order chi connectivity index (χ1) is 9.67. The predicted molar refractivity (Wildman–Crippen MR) is 75.6 cm³/mol. The third-order valence-electron chi connectivity index (χ3n) is 3.09. The Labute approximate surface area is 117 Å². The van der Waals surface area contributed by atoms with Crippen molar-refractivity contribution in [2.75, 3.05) is 13.7 Å². The van der Waals surface area contributed by atoms with Crippen LogP contribution in [0, 0.1) is 5.82 Å². The van der Waals surface area contributed by atoms with Crippen molar-refractivity contribution in [3.05, 3.63) is 65.0 Å². The molecule has 0 saturated heterocycles. The largest absolute Gasteiger partial charge is 0.494 e. The lowest BCUT2D eigenvalue weighted by Crippen LogP contribution is -2.10. The maximum absolute atomic E-state index is 13.7. The maximum atomic E-state index is 13.7. The fraction of sp³-hybridized carbons (Fsp3) is 0.188. The van der Waals surface area contributed by atoms with Gasteiger partial charge in [-0.05, 0) is 36.7 Å². The Balaban J connectivity index is 2.38. The van der Waals surface area contributed by atoms with Crippen LogP contribution < -0.4 is 10.5 Å². The van der Waals surface area contributed by atoms with Crippen LogP contribution in [0.1, 0.15) is 21.5 Å². The summed E-state index contributed by atoms with van der Waals surface area (Å²) in [6.45, 7) is 0.460. The van der Waals surface area contributed by atoms with E-state index in [1.54, 1.807) is 18.2 Å². The van der Waals surface area contributed by atoms with Crippen molar-refractivity contribution in [2.24, 2.45) is 5.73 Å². The van der Waals surface area contributed by atoms with Gasteiger partial charge < -0.3 is 10.5 Å².